The molecule has 2 nitrogen and oxygen atoms in total. The van der Waals surface area contributed by atoms with E-state index in [4.69, 9.17) is 10.00 Å². The minimum atomic E-state index is -0.486. The van der Waals surface area contributed by atoms with Crippen molar-refractivity contribution in [2.24, 2.45) is 0 Å². The molecule has 84 valence electrons. The molecule has 0 aliphatic rings. The van der Waals surface area contributed by atoms with E-state index in [2.05, 4.69) is 18.2 Å². The van der Waals surface area contributed by atoms with Gasteiger partial charge in [0.15, 0.2) is 6.10 Å². The lowest BCUT2D eigenvalue weighted by Gasteiger charge is -2.08. The van der Waals surface area contributed by atoms with Gasteiger partial charge in [-0.3, -0.25) is 0 Å². The van der Waals surface area contributed by atoms with Gasteiger partial charge in [0.05, 0.1) is 6.07 Å². The summed E-state index contributed by atoms with van der Waals surface area (Å²) >= 11 is 0. The van der Waals surface area contributed by atoms with Gasteiger partial charge in [0.2, 0.25) is 0 Å². The molecule has 0 aliphatic carbocycles. The van der Waals surface area contributed by atoms with Crippen molar-refractivity contribution in [2.45, 2.75) is 6.10 Å². The van der Waals surface area contributed by atoms with Crippen molar-refractivity contribution in [3.8, 4) is 17.2 Å². The molecule has 0 aromatic heterocycles. The van der Waals surface area contributed by atoms with E-state index >= 15 is 0 Å². The molecule has 0 radical (unpaired) electrons. The van der Waals surface area contributed by atoms with Crippen molar-refractivity contribution in [2.75, 3.05) is 7.11 Å². The van der Waals surface area contributed by atoms with E-state index in [1.165, 1.54) is 5.56 Å². The molecular formula is C15H13NO. The van der Waals surface area contributed by atoms with Crippen LogP contribution in [0.3, 0.4) is 0 Å². The van der Waals surface area contributed by atoms with Crippen molar-refractivity contribution >= 4 is 0 Å². The smallest absolute Gasteiger partial charge is 0.168 e. The number of benzene rings is 2. The summed E-state index contributed by atoms with van der Waals surface area (Å²) in [7, 11) is 1.54. The van der Waals surface area contributed by atoms with Crippen LogP contribution in [0, 0.1) is 11.3 Å². The summed E-state index contributed by atoms with van der Waals surface area (Å²) in [5.41, 5.74) is 3.20. The lowest BCUT2D eigenvalue weighted by molar-refractivity contribution is 0.148. The fourth-order valence-corrected chi connectivity index (χ4v) is 1.74. The number of nitriles is 1. The number of nitrogens with zero attached hydrogens (tertiary/aromatic N) is 1. The average Bonchev–Trinajstić information content (AvgIpc) is 2.42. The number of hydrogen-bond acceptors (Lipinski definition) is 2. The third-order valence-electron chi connectivity index (χ3n) is 2.67. The van der Waals surface area contributed by atoms with Gasteiger partial charge < -0.3 is 4.74 Å². The Morgan fingerprint density at radius 2 is 1.53 bits per heavy atom. The van der Waals surface area contributed by atoms with Gasteiger partial charge in [-0.25, -0.2) is 0 Å². The predicted molar refractivity (Wildman–Crippen MR) is 67.2 cm³/mol. The summed E-state index contributed by atoms with van der Waals surface area (Å²) in [5, 5.41) is 8.89. The fourth-order valence-electron chi connectivity index (χ4n) is 1.74. The quantitative estimate of drug-likeness (QED) is 0.797. The zero-order chi connectivity index (χ0) is 12.1. The van der Waals surface area contributed by atoms with E-state index < -0.39 is 6.10 Å². The number of methoxy groups -OCH3 is 1. The molecule has 2 aromatic carbocycles. The standard InChI is InChI=1S/C15H13NO/c1-17-15(11-16)14-9-7-13(8-10-14)12-5-3-2-4-6-12/h2-10,15H,1H3. The lowest BCUT2D eigenvalue weighted by Crippen LogP contribution is -1.97. The Morgan fingerprint density at radius 1 is 0.941 bits per heavy atom. The van der Waals surface area contributed by atoms with E-state index in [-0.39, 0.29) is 0 Å². The maximum atomic E-state index is 8.89. The zero-order valence-electron chi connectivity index (χ0n) is 9.63. The van der Waals surface area contributed by atoms with Crippen molar-refractivity contribution in [1.29, 1.82) is 5.26 Å². The molecule has 0 heterocycles. The Labute approximate surface area is 101 Å². The van der Waals surface area contributed by atoms with Crippen LogP contribution in [0.5, 0.6) is 0 Å². The van der Waals surface area contributed by atoms with Gasteiger partial charge in [0.25, 0.3) is 0 Å². The van der Waals surface area contributed by atoms with Crippen LogP contribution in [0.1, 0.15) is 11.7 Å². The summed E-state index contributed by atoms with van der Waals surface area (Å²) in [4.78, 5) is 0. The van der Waals surface area contributed by atoms with Crippen LogP contribution >= 0.6 is 0 Å². The van der Waals surface area contributed by atoms with Gasteiger partial charge in [-0.05, 0) is 16.7 Å². The van der Waals surface area contributed by atoms with Crippen LogP contribution in [0.15, 0.2) is 54.6 Å². The first-order valence-electron chi connectivity index (χ1n) is 5.43. The second-order valence-corrected chi connectivity index (χ2v) is 3.73. The predicted octanol–water partition coefficient (Wildman–Crippen LogP) is 3.56. The minimum Gasteiger partial charge on any atom is -0.362 e. The highest BCUT2D eigenvalue weighted by atomic mass is 16.5. The molecule has 0 fully saturated rings. The van der Waals surface area contributed by atoms with Crippen LogP contribution in [0.2, 0.25) is 0 Å². The first-order valence-corrected chi connectivity index (χ1v) is 5.43. The van der Waals surface area contributed by atoms with Gasteiger partial charge in [0.1, 0.15) is 0 Å². The summed E-state index contributed by atoms with van der Waals surface area (Å²) in [6.45, 7) is 0. The maximum Gasteiger partial charge on any atom is 0.168 e. The maximum absolute atomic E-state index is 8.89. The molecule has 17 heavy (non-hydrogen) atoms. The molecule has 0 spiro atoms. The topological polar surface area (TPSA) is 33.0 Å². The highest BCUT2D eigenvalue weighted by Crippen LogP contribution is 2.22. The van der Waals surface area contributed by atoms with Crippen LogP contribution in [-0.4, -0.2) is 7.11 Å². The molecule has 2 rings (SSSR count). The highest BCUT2D eigenvalue weighted by Gasteiger charge is 2.08. The Kier molecular flexibility index (Phi) is 3.54. The molecule has 1 atom stereocenters. The van der Waals surface area contributed by atoms with Gasteiger partial charge >= 0.3 is 0 Å². The summed E-state index contributed by atoms with van der Waals surface area (Å²) in [6, 6.07) is 20.1. The van der Waals surface area contributed by atoms with Crippen molar-refractivity contribution in [1.82, 2.24) is 0 Å². The van der Waals surface area contributed by atoms with Crippen LogP contribution in [-0.2, 0) is 4.74 Å². The van der Waals surface area contributed by atoms with E-state index in [1.807, 2.05) is 42.5 Å². The number of rotatable bonds is 3. The normalized spacial score (nSPS) is 11.8. The fraction of sp³-hybridized carbons (Fsp3) is 0.133. The van der Waals surface area contributed by atoms with Crippen LogP contribution in [0.25, 0.3) is 11.1 Å². The number of hydrogen-bond donors (Lipinski definition) is 0. The third-order valence-corrected chi connectivity index (χ3v) is 2.67. The second-order valence-electron chi connectivity index (χ2n) is 3.73. The molecule has 0 amide bonds. The molecule has 2 heteroatoms. The minimum absolute atomic E-state index is 0.486. The molecular weight excluding hydrogens is 210 g/mol. The average molecular weight is 223 g/mol. The molecule has 0 aliphatic heterocycles. The lowest BCUT2D eigenvalue weighted by atomic mass is 10.0. The van der Waals surface area contributed by atoms with Gasteiger partial charge in [-0.15, -0.1) is 0 Å². The highest BCUT2D eigenvalue weighted by molar-refractivity contribution is 5.63. The van der Waals surface area contributed by atoms with Crippen molar-refractivity contribution in [3.63, 3.8) is 0 Å². The van der Waals surface area contributed by atoms with Gasteiger partial charge in [0, 0.05) is 7.11 Å². The Morgan fingerprint density at radius 3 is 2.06 bits per heavy atom. The van der Waals surface area contributed by atoms with E-state index in [0.29, 0.717) is 0 Å². The molecule has 0 saturated carbocycles. The summed E-state index contributed by atoms with van der Waals surface area (Å²) in [6.07, 6.45) is -0.486. The molecule has 0 saturated heterocycles. The molecule has 0 N–H and O–H groups in total. The molecule has 0 bridgehead atoms. The summed E-state index contributed by atoms with van der Waals surface area (Å²) < 4.78 is 5.07. The van der Waals surface area contributed by atoms with E-state index in [1.54, 1.807) is 7.11 Å². The van der Waals surface area contributed by atoms with Crippen LogP contribution < -0.4 is 0 Å². The van der Waals surface area contributed by atoms with Gasteiger partial charge in [-0.2, -0.15) is 5.26 Å². The Balaban J connectivity index is 2.28. The SMILES string of the molecule is COC(C#N)c1ccc(-c2ccccc2)cc1. The zero-order valence-corrected chi connectivity index (χ0v) is 9.63. The first-order chi connectivity index (χ1) is 8.35. The van der Waals surface area contributed by atoms with Gasteiger partial charge in [-0.1, -0.05) is 54.6 Å². The van der Waals surface area contributed by atoms with Crippen molar-refractivity contribution in [3.05, 3.63) is 60.2 Å². The Hall–Kier alpha value is -2.11. The van der Waals surface area contributed by atoms with Crippen LogP contribution in [0.4, 0.5) is 0 Å². The van der Waals surface area contributed by atoms with E-state index in [9.17, 15) is 0 Å². The van der Waals surface area contributed by atoms with E-state index in [0.717, 1.165) is 11.1 Å². The number of ether oxygens (including phenoxy) is 1. The first kappa shape index (κ1) is 11.4. The summed E-state index contributed by atoms with van der Waals surface area (Å²) in [5.74, 6) is 0. The Bertz CT molecular complexity index is 511. The largest absolute Gasteiger partial charge is 0.362 e. The molecule has 2 aromatic rings. The third kappa shape index (κ3) is 2.52. The second kappa shape index (κ2) is 5.29. The van der Waals surface area contributed by atoms with Crippen molar-refractivity contribution < 1.29 is 4.74 Å². The molecule has 1 unspecified atom stereocenters. The monoisotopic (exact) mass is 223 g/mol.